The highest BCUT2D eigenvalue weighted by atomic mass is 16.7. The number of aromatic nitrogens is 2. The van der Waals surface area contributed by atoms with Crippen LogP contribution >= 0.6 is 0 Å². The number of benzene rings is 1. The SMILES string of the molecule is NC(=O)C1NOc2c1ccc1cncnc21. The van der Waals surface area contributed by atoms with Gasteiger partial charge < -0.3 is 10.6 Å². The molecule has 16 heavy (non-hydrogen) atoms. The number of hydrogen-bond acceptors (Lipinski definition) is 5. The van der Waals surface area contributed by atoms with Gasteiger partial charge in [-0.15, -0.1) is 5.48 Å². The number of fused-ring (bicyclic) bond motifs is 3. The van der Waals surface area contributed by atoms with Crippen LogP contribution in [0.2, 0.25) is 0 Å². The summed E-state index contributed by atoms with van der Waals surface area (Å²) in [6, 6.07) is 3.01. The highest BCUT2D eigenvalue weighted by molar-refractivity contribution is 5.90. The van der Waals surface area contributed by atoms with Gasteiger partial charge in [0.25, 0.3) is 0 Å². The van der Waals surface area contributed by atoms with E-state index in [0.29, 0.717) is 16.8 Å². The molecule has 1 unspecified atom stereocenters. The number of nitrogens with one attached hydrogen (secondary N) is 1. The Balaban J connectivity index is 2.26. The first-order valence-corrected chi connectivity index (χ1v) is 4.71. The number of carbonyl (C=O) groups excluding carboxylic acids is 1. The predicted molar refractivity (Wildman–Crippen MR) is 55.2 cm³/mol. The van der Waals surface area contributed by atoms with Crippen LogP contribution in [0.3, 0.4) is 0 Å². The maximum atomic E-state index is 11.1. The Morgan fingerprint density at radius 1 is 1.50 bits per heavy atom. The molecule has 0 fully saturated rings. The van der Waals surface area contributed by atoms with Crippen molar-refractivity contribution in [1.29, 1.82) is 0 Å². The molecule has 0 bridgehead atoms. The second kappa shape index (κ2) is 3.14. The lowest BCUT2D eigenvalue weighted by Crippen LogP contribution is -2.30. The number of nitrogens with two attached hydrogens (primary N) is 1. The lowest BCUT2D eigenvalue weighted by atomic mass is 10.0. The third-order valence-electron chi connectivity index (χ3n) is 2.53. The molecular weight excluding hydrogens is 208 g/mol. The van der Waals surface area contributed by atoms with E-state index in [9.17, 15) is 4.79 Å². The summed E-state index contributed by atoms with van der Waals surface area (Å²) in [5.74, 6) is 0.0656. The van der Waals surface area contributed by atoms with Crippen molar-refractivity contribution in [2.45, 2.75) is 6.04 Å². The summed E-state index contributed by atoms with van der Waals surface area (Å²) in [7, 11) is 0. The quantitative estimate of drug-likeness (QED) is 0.703. The average Bonchev–Trinajstić information content (AvgIpc) is 2.73. The molecule has 1 aromatic carbocycles. The van der Waals surface area contributed by atoms with E-state index in [1.54, 1.807) is 12.3 Å². The molecule has 3 N–H and O–H groups in total. The average molecular weight is 216 g/mol. The number of rotatable bonds is 1. The molecule has 0 saturated carbocycles. The van der Waals surface area contributed by atoms with Crippen molar-refractivity contribution in [3.63, 3.8) is 0 Å². The van der Waals surface area contributed by atoms with Crippen LogP contribution in [0.1, 0.15) is 11.6 Å². The Hall–Kier alpha value is -2.21. The Kier molecular flexibility index (Phi) is 1.78. The molecular formula is C10H8N4O2. The zero-order valence-corrected chi connectivity index (χ0v) is 8.18. The summed E-state index contributed by atoms with van der Waals surface area (Å²) in [6.07, 6.45) is 3.12. The van der Waals surface area contributed by atoms with Crippen molar-refractivity contribution in [2.24, 2.45) is 5.73 Å². The molecule has 0 aliphatic carbocycles. The molecule has 0 radical (unpaired) electrons. The maximum Gasteiger partial charge on any atom is 0.242 e. The van der Waals surface area contributed by atoms with E-state index in [0.717, 1.165) is 5.39 Å². The topological polar surface area (TPSA) is 90.1 Å². The molecule has 0 spiro atoms. The maximum absolute atomic E-state index is 11.1. The van der Waals surface area contributed by atoms with Crippen molar-refractivity contribution < 1.29 is 9.63 Å². The van der Waals surface area contributed by atoms with Crippen LogP contribution in [0.5, 0.6) is 5.75 Å². The Morgan fingerprint density at radius 2 is 2.38 bits per heavy atom. The number of nitrogens with zero attached hydrogens (tertiary/aromatic N) is 2. The Labute approximate surface area is 90.4 Å². The van der Waals surface area contributed by atoms with Crippen molar-refractivity contribution in [3.05, 3.63) is 30.2 Å². The van der Waals surface area contributed by atoms with E-state index in [4.69, 9.17) is 10.6 Å². The lowest BCUT2D eigenvalue weighted by molar-refractivity contribution is -0.121. The van der Waals surface area contributed by atoms with Gasteiger partial charge in [0.2, 0.25) is 5.91 Å². The molecule has 2 heterocycles. The zero-order valence-electron chi connectivity index (χ0n) is 8.18. The third kappa shape index (κ3) is 1.13. The minimum absolute atomic E-state index is 0.479. The van der Waals surface area contributed by atoms with Gasteiger partial charge in [-0.3, -0.25) is 4.79 Å². The fraction of sp³-hybridized carbons (Fsp3) is 0.100. The molecule has 80 valence electrons. The summed E-state index contributed by atoms with van der Waals surface area (Å²) in [4.78, 5) is 24.4. The summed E-state index contributed by atoms with van der Waals surface area (Å²) in [5.41, 5.74) is 9.20. The Morgan fingerprint density at radius 3 is 3.19 bits per heavy atom. The minimum Gasteiger partial charge on any atom is -0.405 e. The van der Waals surface area contributed by atoms with E-state index in [1.165, 1.54) is 6.33 Å². The van der Waals surface area contributed by atoms with Gasteiger partial charge in [0.05, 0.1) is 0 Å². The van der Waals surface area contributed by atoms with Crippen molar-refractivity contribution in [1.82, 2.24) is 15.4 Å². The van der Waals surface area contributed by atoms with Gasteiger partial charge >= 0.3 is 0 Å². The van der Waals surface area contributed by atoms with E-state index in [-0.39, 0.29) is 0 Å². The molecule has 0 saturated heterocycles. The van der Waals surface area contributed by atoms with Gasteiger partial charge in [0.15, 0.2) is 5.75 Å². The van der Waals surface area contributed by atoms with Crippen molar-refractivity contribution in [3.8, 4) is 5.75 Å². The standard InChI is InChI=1S/C10H8N4O2/c11-10(15)8-6-2-1-5-3-12-4-13-7(5)9(6)16-14-8/h1-4,8,14H,(H2,11,15). The molecule has 1 atom stereocenters. The van der Waals surface area contributed by atoms with Crippen LogP contribution in [0.25, 0.3) is 10.9 Å². The number of hydrogen-bond donors (Lipinski definition) is 2. The molecule has 3 rings (SSSR count). The lowest BCUT2D eigenvalue weighted by Gasteiger charge is -2.03. The number of hydroxylamine groups is 1. The second-order valence-electron chi connectivity index (χ2n) is 3.50. The van der Waals surface area contributed by atoms with Gasteiger partial charge in [-0.1, -0.05) is 12.1 Å². The van der Waals surface area contributed by atoms with Gasteiger partial charge in [-0.05, 0) is 0 Å². The molecule has 2 aromatic rings. The van der Waals surface area contributed by atoms with Crippen molar-refractivity contribution >= 4 is 16.8 Å². The first kappa shape index (κ1) is 9.05. The zero-order chi connectivity index (χ0) is 11.1. The van der Waals surface area contributed by atoms with Gasteiger partial charge in [-0.25, -0.2) is 9.97 Å². The molecule has 6 nitrogen and oxygen atoms in total. The van der Waals surface area contributed by atoms with Crippen LogP contribution in [0.15, 0.2) is 24.7 Å². The summed E-state index contributed by atoms with van der Waals surface area (Å²) in [6.45, 7) is 0. The van der Waals surface area contributed by atoms with Crippen LogP contribution in [0, 0.1) is 0 Å². The van der Waals surface area contributed by atoms with E-state index in [2.05, 4.69) is 15.4 Å². The summed E-state index contributed by atoms with van der Waals surface area (Å²) < 4.78 is 0. The number of carbonyl (C=O) groups is 1. The van der Waals surface area contributed by atoms with Gasteiger partial charge in [0.1, 0.15) is 17.9 Å². The molecule has 1 aliphatic rings. The first-order valence-electron chi connectivity index (χ1n) is 4.71. The number of amides is 1. The fourth-order valence-electron chi connectivity index (χ4n) is 1.77. The largest absolute Gasteiger partial charge is 0.405 e. The monoisotopic (exact) mass is 216 g/mol. The second-order valence-corrected chi connectivity index (χ2v) is 3.50. The molecule has 1 aliphatic heterocycles. The van der Waals surface area contributed by atoms with Crippen LogP contribution in [0.4, 0.5) is 0 Å². The summed E-state index contributed by atoms with van der Waals surface area (Å²) in [5, 5.41) is 0.855. The van der Waals surface area contributed by atoms with Crippen LogP contribution in [-0.4, -0.2) is 15.9 Å². The normalized spacial score (nSPS) is 18.1. The molecule has 1 amide bonds. The molecule has 1 aromatic heterocycles. The minimum atomic E-state index is -0.616. The van der Waals surface area contributed by atoms with Crippen LogP contribution < -0.4 is 16.1 Å². The van der Waals surface area contributed by atoms with Crippen LogP contribution in [-0.2, 0) is 4.79 Å². The van der Waals surface area contributed by atoms with E-state index >= 15 is 0 Å². The predicted octanol–water partition coefficient (Wildman–Crippen LogP) is 0.0532. The van der Waals surface area contributed by atoms with Gasteiger partial charge in [0, 0.05) is 17.1 Å². The molecule has 6 heteroatoms. The summed E-state index contributed by atoms with van der Waals surface area (Å²) >= 11 is 0. The van der Waals surface area contributed by atoms with Gasteiger partial charge in [-0.2, -0.15) is 0 Å². The van der Waals surface area contributed by atoms with E-state index in [1.807, 2.05) is 6.07 Å². The highest BCUT2D eigenvalue weighted by Gasteiger charge is 2.30. The van der Waals surface area contributed by atoms with E-state index < -0.39 is 11.9 Å². The van der Waals surface area contributed by atoms with Crippen molar-refractivity contribution in [2.75, 3.05) is 0 Å². The fourth-order valence-corrected chi connectivity index (χ4v) is 1.77. The third-order valence-corrected chi connectivity index (χ3v) is 2.53. The highest BCUT2D eigenvalue weighted by Crippen LogP contribution is 2.35. The first-order chi connectivity index (χ1) is 7.77. The number of primary amides is 1. The Bertz CT molecular complexity index is 584. The smallest absolute Gasteiger partial charge is 0.242 e.